The highest BCUT2D eigenvalue weighted by atomic mass is 35.5. The number of halogens is 2. The maximum Gasteiger partial charge on any atom is 0.337 e. The molecule has 0 radical (unpaired) electrons. The lowest BCUT2D eigenvalue weighted by atomic mass is 10.1. The Kier molecular flexibility index (Phi) is 4.21. The topological polar surface area (TPSA) is 35.5 Å². The zero-order valence-electron chi connectivity index (χ0n) is 8.84. The summed E-state index contributed by atoms with van der Waals surface area (Å²) in [6, 6.07) is 3.07. The van der Waals surface area contributed by atoms with Gasteiger partial charge >= 0.3 is 5.97 Å². The van der Waals surface area contributed by atoms with Gasteiger partial charge in [0.25, 0.3) is 0 Å². The van der Waals surface area contributed by atoms with E-state index in [9.17, 15) is 4.79 Å². The van der Waals surface area contributed by atoms with Crippen LogP contribution in [0.25, 0.3) is 5.57 Å². The van der Waals surface area contributed by atoms with Crippen LogP contribution in [0.5, 0.6) is 5.75 Å². The molecule has 0 aliphatic heterocycles. The average molecular weight is 261 g/mol. The Balaban J connectivity index is 3.31. The molecule has 3 nitrogen and oxygen atoms in total. The van der Waals surface area contributed by atoms with E-state index in [0.717, 1.165) is 0 Å². The number of ether oxygens (including phenoxy) is 2. The molecule has 86 valence electrons. The van der Waals surface area contributed by atoms with Gasteiger partial charge < -0.3 is 9.47 Å². The van der Waals surface area contributed by atoms with Crippen LogP contribution in [0.2, 0.25) is 10.0 Å². The molecule has 0 aromatic heterocycles. The second-order valence-electron chi connectivity index (χ2n) is 2.94. The summed E-state index contributed by atoms with van der Waals surface area (Å²) < 4.78 is 9.65. The molecule has 16 heavy (non-hydrogen) atoms. The van der Waals surface area contributed by atoms with Crippen molar-refractivity contribution >= 4 is 34.7 Å². The molecular weight excluding hydrogens is 251 g/mol. The first-order chi connectivity index (χ1) is 7.51. The third-order valence-electron chi connectivity index (χ3n) is 1.97. The molecule has 0 spiro atoms. The van der Waals surface area contributed by atoms with E-state index in [1.807, 2.05) is 0 Å². The number of esters is 1. The van der Waals surface area contributed by atoms with Crippen molar-refractivity contribution in [2.45, 2.75) is 0 Å². The van der Waals surface area contributed by atoms with Crippen LogP contribution in [0.1, 0.15) is 5.56 Å². The van der Waals surface area contributed by atoms with Crippen molar-refractivity contribution in [1.29, 1.82) is 0 Å². The summed E-state index contributed by atoms with van der Waals surface area (Å²) in [4.78, 5) is 11.3. The van der Waals surface area contributed by atoms with Gasteiger partial charge in [-0.1, -0.05) is 29.8 Å². The van der Waals surface area contributed by atoms with Crippen LogP contribution in [-0.2, 0) is 9.53 Å². The zero-order valence-corrected chi connectivity index (χ0v) is 10.4. The predicted octanol–water partition coefficient (Wildman–Crippen LogP) is 3.19. The molecule has 0 saturated heterocycles. The average Bonchev–Trinajstić information content (AvgIpc) is 2.26. The second-order valence-corrected chi connectivity index (χ2v) is 3.78. The summed E-state index contributed by atoms with van der Waals surface area (Å²) in [5.74, 6) is -0.210. The first-order valence-electron chi connectivity index (χ1n) is 4.32. The summed E-state index contributed by atoms with van der Waals surface area (Å²) in [5, 5.41) is 0.709. The maximum absolute atomic E-state index is 11.3. The van der Waals surface area contributed by atoms with Crippen molar-refractivity contribution in [3.63, 3.8) is 0 Å². The van der Waals surface area contributed by atoms with Gasteiger partial charge in [0.15, 0.2) is 0 Å². The minimum absolute atomic E-state index is 0.142. The van der Waals surface area contributed by atoms with Crippen molar-refractivity contribution < 1.29 is 14.3 Å². The quantitative estimate of drug-likeness (QED) is 0.619. The van der Waals surface area contributed by atoms with E-state index in [1.165, 1.54) is 20.3 Å². The van der Waals surface area contributed by atoms with Crippen molar-refractivity contribution in [2.75, 3.05) is 14.2 Å². The second kappa shape index (κ2) is 5.23. The Labute approximate surface area is 104 Å². The lowest BCUT2D eigenvalue weighted by Gasteiger charge is -2.11. The summed E-state index contributed by atoms with van der Waals surface area (Å²) in [6.45, 7) is 3.61. The van der Waals surface area contributed by atoms with Gasteiger partial charge in [0, 0.05) is 10.6 Å². The van der Waals surface area contributed by atoms with E-state index >= 15 is 0 Å². The number of methoxy groups -OCH3 is 2. The molecule has 0 amide bonds. The highest BCUT2D eigenvalue weighted by Gasteiger charge is 2.17. The number of benzene rings is 1. The molecule has 0 heterocycles. The van der Waals surface area contributed by atoms with Crippen LogP contribution in [-0.4, -0.2) is 20.2 Å². The minimum Gasteiger partial charge on any atom is -0.495 e. The van der Waals surface area contributed by atoms with Crippen LogP contribution >= 0.6 is 23.2 Å². The highest BCUT2D eigenvalue weighted by molar-refractivity contribution is 6.36. The normalized spacial score (nSPS) is 9.75. The van der Waals surface area contributed by atoms with E-state index in [4.69, 9.17) is 27.9 Å². The molecule has 0 aliphatic carbocycles. The fourth-order valence-corrected chi connectivity index (χ4v) is 1.80. The molecule has 1 aromatic carbocycles. The van der Waals surface area contributed by atoms with E-state index in [2.05, 4.69) is 11.3 Å². The van der Waals surface area contributed by atoms with Crippen LogP contribution in [0, 0.1) is 0 Å². The van der Waals surface area contributed by atoms with E-state index in [-0.39, 0.29) is 5.57 Å². The largest absolute Gasteiger partial charge is 0.495 e. The van der Waals surface area contributed by atoms with Crippen LogP contribution in [0.4, 0.5) is 0 Å². The molecule has 0 unspecified atom stereocenters. The van der Waals surface area contributed by atoms with Crippen LogP contribution in [0.3, 0.4) is 0 Å². The third-order valence-corrected chi connectivity index (χ3v) is 2.47. The number of hydrogen-bond acceptors (Lipinski definition) is 3. The van der Waals surface area contributed by atoms with Crippen molar-refractivity contribution in [1.82, 2.24) is 0 Å². The van der Waals surface area contributed by atoms with Gasteiger partial charge in [-0.25, -0.2) is 4.79 Å². The highest BCUT2D eigenvalue weighted by Crippen LogP contribution is 2.35. The van der Waals surface area contributed by atoms with Crippen molar-refractivity contribution in [3.05, 3.63) is 34.3 Å². The molecule has 5 heteroatoms. The molecule has 0 aliphatic rings. The molecule has 0 fully saturated rings. The molecule has 1 rings (SSSR count). The Morgan fingerprint density at radius 2 is 1.94 bits per heavy atom. The maximum atomic E-state index is 11.3. The van der Waals surface area contributed by atoms with Gasteiger partial charge in [-0.15, -0.1) is 0 Å². The van der Waals surface area contributed by atoms with E-state index in [0.29, 0.717) is 21.4 Å². The first-order valence-corrected chi connectivity index (χ1v) is 5.07. The van der Waals surface area contributed by atoms with Gasteiger partial charge in [-0.2, -0.15) is 0 Å². The molecule has 1 aromatic rings. The van der Waals surface area contributed by atoms with Gasteiger partial charge in [0.05, 0.1) is 24.8 Å². The van der Waals surface area contributed by atoms with Gasteiger partial charge in [0.1, 0.15) is 5.75 Å². The third kappa shape index (κ3) is 2.49. The van der Waals surface area contributed by atoms with Crippen molar-refractivity contribution in [3.8, 4) is 5.75 Å². The zero-order chi connectivity index (χ0) is 12.3. The van der Waals surface area contributed by atoms with Crippen LogP contribution < -0.4 is 4.74 Å². The smallest absolute Gasteiger partial charge is 0.337 e. The monoisotopic (exact) mass is 260 g/mol. The van der Waals surface area contributed by atoms with Crippen LogP contribution in [0.15, 0.2) is 18.7 Å². The summed E-state index contributed by atoms with van der Waals surface area (Å²) in [5.41, 5.74) is 0.565. The minimum atomic E-state index is -0.559. The molecular formula is C11H10Cl2O3. The van der Waals surface area contributed by atoms with Crippen molar-refractivity contribution in [2.24, 2.45) is 0 Å². The molecule has 0 N–H and O–H groups in total. The summed E-state index contributed by atoms with van der Waals surface area (Å²) in [6.07, 6.45) is 0. The Hall–Kier alpha value is -1.19. The number of rotatable bonds is 3. The number of carbonyl (C=O) groups excluding carboxylic acids is 1. The Morgan fingerprint density at radius 3 is 2.44 bits per heavy atom. The first kappa shape index (κ1) is 12.9. The lowest BCUT2D eigenvalue weighted by Crippen LogP contribution is -2.04. The van der Waals surface area contributed by atoms with E-state index < -0.39 is 5.97 Å². The predicted molar refractivity (Wildman–Crippen MR) is 64.1 cm³/mol. The molecule has 0 saturated carbocycles. The standard InChI is InChI=1S/C11H10Cl2O3/c1-6(11(14)16-3)8-4-7(12)5-9(13)10(8)15-2/h4-5H,1H2,2-3H3. The number of hydrogen-bond donors (Lipinski definition) is 0. The van der Waals surface area contributed by atoms with Gasteiger partial charge in [-0.05, 0) is 12.1 Å². The molecule has 0 atom stereocenters. The fourth-order valence-electron chi connectivity index (χ4n) is 1.23. The van der Waals surface area contributed by atoms with E-state index in [1.54, 1.807) is 6.07 Å². The Bertz CT molecular complexity index is 441. The van der Waals surface area contributed by atoms with Gasteiger partial charge in [0.2, 0.25) is 0 Å². The summed E-state index contributed by atoms with van der Waals surface area (Å²) >= 11 is 11.8. The Morgan fingerprint density at radius 1 is 1.31 bits per heavy atom. The SMILES string of the molecule is C=C(C(=O)OC)c1cc(Cl)cc(Cl)c1OC. The lowest BCUT2D eigenvalue weighted by molar-refractivity contribution is -0.133. The fraction of sp³-hybridized carbons (Fsp3) is 0.182. The van der Waals surface area contributed by atoms with Gasteiger partial charge in [-0.3, -0.25) is 0 Å². The summed E-state index contributed by atoms with van der Waals surface area (Å²) in [7, 11) is 2.72. The number of carbonyl (C=O) groups is 1. The molecule has 0 bridgehead atoms.